The summed E-state index contributed by atoms with van der Waals surface area (Å²) in [6.45, 7) is 0.676. The first kappa shape index (κ1) is 11.6. The maximum atomic E-state index is 10.8. The molecule has 0 atom stereocenters. The summed E-state index contributed by atoms with van der Waals surface area (Å²) in [6.07, 6.45) is 2.29. The van der Waals surface area contributed by atoms with Gasteiger partial charge in [-0.25, -0.2) is 4.79 Å². The van der Waals surface area contributed by atoms with Gasteiger partial charge in [0.2, 0.25) is 0 Å². The number of hydrogen-bond acceptors (Lipinski definition) is 2. The van der Waals surface area contributed by atoms with Crippen molar-refractivity contribution in [2.45, 2.75) is 6.42 Å². The molecule has 0 saturated heterocycles. The SMILES string of the molecule is Cl.O=C(O)C1=Cc2ccccc2NCC1. The fraction of sp³-hybridized carbons (Fsp3) is 0.182. The summed E-state index contributed by atoms with van der Waals surface area (Å²) in [7, 11) is 0. The Balaban J connectivity index is 0.00000112. The second kappa shape index (κ2) is 4.84. The molecule has 0 aromatic heterocycles. The predicted molar refractivity (Wildman–Crippen MR) is 62.4 cm³/mol. The Morgan fingerprint density at radius 2 is 2.07 bits per heavy atom. The molecule has 2 rings (SSSR count). The van der Waals surface area contributed by atoms with Crippen LogP contribution in [0.2, 0.25) is 0 Å². The third-order valence-corrected chi connectivity index (χ3v) is 2.28. The van der Waals surface area contributed by atoms with E-state index in [0.717, 1.165) is 11.3 Å². The maximum absolute atomic E-state index is 10.8. The van der Waals surface area contributed by atoms with Crippen molar-refractivity contribution in [1.29, 1.82) is 0 Å². The van der Waals surface area contributed by atoms with Gasteiger partial charge in [0.15, 0.2) is 0 Å². The quantitative estimate of drug-likeness (QED) is 0.772. The molecule has 1 aromatic rings. The Morgan fingerprint density at radius 1 is 1.33 bits per heavy atom. The number of anilines is 1. The Morgan fingerprint density at radius 3 is 2.80 bits per heavy atom. The van der Waals surface area contributed by atoms with Gasteiger partial charge >= 0.3 is 5.97 Å². The fourth-order valence-corrected chi connectivity index (χ4v) is 1.54. The molecule has 0 amide bonds. The predicted octanol–water partition coefficient (Wildman–Crippen LogP) is 2.39. The number of benzene rings is 1. The number of fused-ring (bicyclic) bond motifs is 1. The Bertz CT molecular complexity index is 401. The highest BCUT2D eigenvalue weighted by Crippen LogP contribution is 2.22. The van der Waals surface area contributed by atoms with Gasteiger partial charge in [0.05, 0.1) is 0 Å². The van der Waals surface area contributed by atoms with Crippen molar-refractivity contribution in [3.8, 4) is 0 Å². The summed E-state index contributed by atoms with van der Waals surface area (Å²) in [5.74, 6) is -0.830. The number of nitrogens with one attached hydrogen (secondary N) is 1. The van der Waals surface area contributed by atoms with E-state index in [1.807, 2.05) is 24.3 Å². The molecule has 1 aliphatic rings. The second-order valence-corrected chi connectivity index (χ2v) is 3.24. The smallest absolute Gasteiger partial charge is 0.331 e. The standard InChI is InChI=1S/C11H11NO2.ClH/c13-11(14)9-5-6-12-10-4-2-1-3-8(10)7-9;/h1-4,7,12H,5-6H2,(H,13,14);1H. The zero-order valence-corrected chi connectivity index (χ0v) is 8.88. The first-order valence-corrected chi connectivity index (χ1v) is 4.54. The van der Waals surface area contributed by atoms with E-state index in [0.29, 0.717) is 18.5 Å². The van der Waals surface area contributed by atoms with E-state index in [2.05, 4.69) is 5.32 Å². The van der Waals surface area contributed by atoms with Crippen LogP contribution in [0.1, 0.15) is 12.0 Å². The van der Waals surface area contributed by atoms with E-state index >= 15 is 0 Å². The molecule has 0 aliphatic carbocycles. The number of carbonyl (C=O) groups is 1. The van der Waals surface area contributed by atoms with E-state index in [-0.39, 0.29) is 12.4 Å². The molecule has 0 bridgehead atoms. The van der Waals surface area contributed by atoms with Gasteiger partial charge in [-0.05, 0) is 24.1 Å². The van der Waals surface area contributed by atoms with E-state index in [9.17, 15) is 4.79 Å². The fourth-order valence-electron chi connectivity index (χ4n) is 1.54. The van der Waals surface area contributed by atoms with Crippen LogP contribution in [0, 0.1) is 0 Å². The molecule has 0 radical (unpaired) electrons. The van der Waals surface area contributed by atoms with Crippen molar-refractivity contribution in [3.05, 3.63) is 35.4 Å². The number of carboxylic acid groups (broad SMARTS) is 1. The molecule has 0 unspecified atom stereocenters. The molecule has 0 fully saturated rings. The molecule has 4 heteroatoms. The normalized spacial score (nSPS) is 13.7. The van der Waals surface area contributed by atoms with Crippen LogP contribution in [-0.2, 0) is 4.79 Å². The summed E-state index contributed by atoms with van der Waals surface area (Å²) in [5.41, 5.74) is 2.41. The maximum Gasteiger partial charge on any atom is 0.331 e. The van der Waals surface area contributed by atoms with Gasteiger partial charge in [-0.15, -0.1) is 12.4 Å². The number of rotatable bonds is 1. The molecule has 1 aromatic carbocycles. The van der Waals surface area contributed by atoms with Crippen molar-refractivity contribution in [2.75, 3.05) is 11.9 Å². The molecule has 2 N–H and O–H groups in total. The third kappa shape index (κ3) is 2.50. The second-order valence-electron chi connectivity index (χ2n) is 3.24. The van der Waals surface area contributed by atoms with Crippen LogP contribution < -0.4 is 5.32 Å². The number of halogens is 1. The number of aliphatic carboxylic acids is 1. The highest BCUT2D eigenvalue weighted by molar-refractivity contribution is 5.93. The lowest BCUT2D eigenvalue weighted by Crippen LogP contribution is -2.05. The zero-order valence-electron chi connectivity index (χ0n) is 8.06. The van der Waals surface area contributed by atoms with E-state index in [4.69, 9.17) is 5.11 Å². The Labute approximate surface area is 94.2 Å². The molecule has 1 heterocycles. The van der Waals surface area contributed by atoms with Gasteiger partial charge in [-0.1, -0.05) is 18.2 Å². The van der Waals surface area contributed by atoms with Gasteiger partial charge in [0, 0.05) is 17.8 Å². The lowest BCUT2D eigenvalue weighted by atomic mass is 10.1. The van der Waals surface area contributed by atoms with Crippen LogP contribution in [0.4, 0.5) is 5.69 Å². The third-order valence-electron chi connectivity index (χ3n) is 2.28. The molecule has 1 aliphatic heterocycles. The summed E-state index contributed by atoms with van der Waals surface area (Å²) >= 11 is 0. The average Bonchev–Trinajstić information content (AvgIpc) is 2.39. The highest BCUT2D eigenvalue weighted by Gasteiger charge is 2.11. The molecule has 0 spiro atoms. The van der Waals surface area contributed by atoms with E-state index < -0.39 is 5.97 Å². The van der Waals surface area contributed by atoms with Crippen LogP contribution in [0.15, 0.2) is 29.8 Å². The molecule has 3 nitrogen and oxygen atoms in total. The zero-order chi connectivity index (χ0) is 9.97. The Hall–Kier alpha value is -1.48. The monoisotopic (exact) mass is 225 g/mol. The summed E-state index contributed by atoms with van der Waals surface area (Å²) in [5, 5.41) is 12.1. The van der Waals surface area contributed by atoms with Crippen molar-refractivity contribution >= 4 is 30.1 Å². The van der Waals surface area contributed by atoms with Crippen LogP contribution in [0.25, 0.3) is 6.08 Å². The molecule has 80 valence electrons. The number of hydrogen-bond donors (Lipinski definition) is 2. The molecule has 15 heavy (non-hydrogen) atoms. The summed E-state index contributed by atoms with van der Waals surface area (Å²) in [4.78, 5) is 10.8. The van der Waals surface area contributed by atoms with Crippen molar-refractivity contribution in [2.24, 2.45) is 0 Å². The molecule has 0 saturated carbocycles. The van der Waals surface area contributed by atoms with Gasteiger partial charge in [0.1, 0.15) is 0 Å². The van der Waals surface area contributed by atoms with Crippen LogP contribution >= 0.6 is 12.4 Å². The minimum absolute atomic E-state index is 0. The topological polar surface area (TPSA) is 49.3 Å². The van der Waals surface area contributed by atoms with Gasteiger partial charge in [0.25, 0.3) is 0 Å². The largest absolute Gasteiger partial charge is 0.478 e. The van der Waals surface area contributed by atoms with Crippen molar-refractivity contribution in [3.63, 3.8) is 0 Å². The van der Waals surface area contributed by atoms with Crippen LogP contribution in [-0.4, -0.2) is 17.6 Å². The first-order chi connectivity index (χ1) is 6.77. The van der Waals surface area contributed by atoms with Gasteiger partial charge in [-0.3, -0.25) is 0 Å². The first-order valence-electron chi connectivity index (χ1n) is 4.54. The minimum Gasteiger partial charge on any atom is -0.478 e. The van der Waals surface area contributed by atoms with Crippen molar-refractivity contribution in [1.82, 2.24) is 0 Å². The lowest BCUT2D eigenvalue weighted by Gasteiger charge is -2.04. The molecular formula is C11H12ClNO2. The van der Waals surface area contributed by atoms with Crippen LogP contribution in [0.5, 0.6) is 0 Å². The number of carboxylic acids is 1. The van der Waals surface area contributed by atoms with E-state index in [1.165, 1.54) is 0 Å². The average molecular weight is 226 g/mol. The van der Waals surface area contributed by atoms with E-state index in [1.54, 1.807) is 6.08 Å². The molecular weight excluding hydrogens is 214 g/mol. The Kier molecular flexibility index (Phi) is 3.74. The number of para-hydroxylation sites is 1. The van der Waals surface area contributed by atoms with Gasteiger partial charge < -0.3 is 10.4 Å². The summed E-state index contributed by atoms with van der Waals surface area (Å²) < 4.78 is 0. The lowest BCUT2D eigenvalue weighted by molar-refractivity contribution is -0.132. The highest BCUT2D eigenvalue weighted by atomic mass is 35.5. The summed E-state index contributed by atoms with van der Waals surface area (Å²) in [6, 6.07) is 7.71. The van der Waals surface area contributed by atoms with Gasteiger partial charge in [-0.2, -0.15) is 0 Å². The van der Waals surface area contributed by atoms with Crippen molar-refractivity contribution < 1.29 is 9.90 Å². The van der Waals surface area contributed by atoms with Crippen LogP contribution in [0.3, 0.4) is 0 Å². The minimum atomic E-state index is -0.830.